The van der Waals surface area contributed by atoms with E-state index in [0.717, 1.165) is 17.8 Å². The molecular weight excluding hydrogens is 304 g/mol. The van der Waals surface area contributed by atoms with E-state index in [4.69, 9.17) is 5.73 Å². The molecule has 2 aromatic rings. The molecule has 0 spiro atoms. The summed E-state index contributed by atoms with van der Waals surface area (Å²) in [6.07, 6.45) is 5.22. The van der Waals surface area contributed by atoms with Crippen LogP contribution in [0.15, 0.2) is 17.8 Å². The summed E-state index contributed by atoms with van der Waals surface area (Å²) in [5, 5.41) is 10.6. The third kappa shape index (κ3) is 3.14. The van der Waals surface area contributed by atoms with Crippen molar-refractivity contribution in [2.24, 2.45) is 5.73 Å². The van der Waals surface area contributed by atoms with Gasteiger partial charge in [0.25, 0.3) is 5.91 Å². The highest BCUT2D eigenvalue weighted by Gasteiger charge is 2.28. The van der Waals surface area contributed by atoms with Crippen LogP contribution in [0.3, 0.4) is 0 Å². The number of thiazole rings is 1. The number of nitrogens with zero attached hydrogens (tertiary/aromatic N) is 5. The number of piperidine rings is 1. The summed E-state index contributed by atoms with van der Waals surface area (Å²) in [7, 11) is 0. The second-order valence-electron chi connectivity index (χ2n) is 5.23. The minimum atomic E-state index is -0.522. The second kappa shape index (κ2) is 6.22. The Bertz CT molecular complexity index is 668. The van der Waals surface area contributed by atoms with Crippen molar-refractivity contribution in [3.63, 3.8) is 0 Å². The second-order valence-corrected chi connectivity index (χ2v) is 6.15. The van der Waals surface area contributed by atoms with Crippen LogP contribution in [0.1, 0.15) is 34.3 Å². The highest BCUT2D eigenvalue weighted by atomic mass is 32.1. The molecule has 3 rings (SSSR count). The molecule has 1 saturated heterocycles. The minimum absolute atomic E-state index is 0.0813. The molecule has 1 atom stereocenters. The summed E-state index contributed by atoms with van der Waals surface area (Å²) >= 11 is 1.62. The van der Waals surface area contributed by atoms with Gasteiger partial charge in [0, 0.05) is 30.6 Å². The van der Waals surface area contributed by atoms with Crippen LogP contribution >= 0.6 is 11.3 Å². The Balaban J connectivity index is 1.69. The van der Waals surface area contributed by atoms with Gasteiger partial charge in [-0.2, -0.15) is 0 Å². The first-order valence-corrected chi connectivity index (χ1v) is 7.88. The molecule has 2 N–H and O–H groups in total. The first kappa shape index (κ1) is 14.6. The molecule has 2 amide bonds. The van der Waals surface area contributed by atoms with Crippen molar-refractivity contribution in [2.75, 3.05) is 13.1 Å². The normalized spacial score (nSPS) is 18.4. The van der Waals surface area contributed by atoms with Gasteiger partial charge < -0.3 is 10.6 Å². The zero-order chi connectivity index (χ0) is 15.5. The Hall–Kier alpha value is -2.29. The highest BCUT2D eigenvalue weighted by molar-refractivity contribution is 7.09. The molecule has 3 heterocycles. The van der Waals surface area contributed by atoms with E-state index < -0.39 is 5.91 Å². The molecule has 0 aromatic carbocycles. The molecule has 0 radical (unpaired) electrons. The van der Waals surface area contributed by atoms with E-state index in [1.165, 1.54) is 10.9 Å². The molecule has 0 aliphatic carbocycles. The largest absolute Gasteiger partial charge is 0.368 e. The van der Waals surface area contributed by atoms with Crippen LogP contribution in [0.4, 0.5) is 0 Å². The Morgan fingerprint density at radius 2 is 2.32 bits per heavy atom. The van der Waals surface area contributed by atoms with Crippen LogP contribution < -0.4 is 5.73 Å². The predicted molar refractivity (Wildman–Crippen MR) is 79.2 cm³/mol. The fraction of sp³-hybridized carbons (Fsp3) is 0.462. The molecule has 1 fully saturated rings. The first-order valence-electron chi connectivity index (χ1n) is 7.00. The highest BCUT2D eigenvalue weighted by Crippen LogP contribution is 2.28. The Morgan fingerprint density at radius 3 is 3.05 bits per heavy atom. The maximum Gasteiger partial charge on any atom is 0.276 e. The van der Waals surface area contributed by atoms with E-state index in [1.54, 1.807) is 22.4 Å². The van der Waals surface area contributed by atoms with E-state index in [2.05, 4.69) is 15.3 Å². The summed E-state index contributed by atoms with van der Waals surface area (Å²) in [4.78, 5) is 29.5. The zero-order valence-electron chi connectivity index (χ0n) is 11.9. The van der Waals surface area contributed by atoms with Gasteiger partial charge in [0.2, 0.25) is 5.91 Å². The number of hydrogen-bond donors (Lipinski definition) is 1. The fourth-order valence-electron chi connectivity index (χ4n) is 2.59. The first-order chi connectivity index (χ1) is 10.6. The van der Waals surface area contributed by atoms with Gasteiger partial charge in [0.1, 0.15) is 6.54 Å². The lowest BCUT2D eigenvalue weighted by Crippen LogP contribution is -2.39. The van der Waals surface area contributed by atoms with E-state index in [9.17, 15) is 9.59 Å². The number of carbonyl (C=O) groups excluding carboxylic acids is 2. The van der Waals surface area contributed by atoms with Crippen LogP contribution in [-0.2, 0) is 11.3 Å². The number of amides is 2. The average molecular weight is 320 g/mol. The van der Waals surface area contributed by atoms with Crippen LogP contribution in [0, 0.1) is 0 Å². The molecule has 0 saturated carbocycles. The number of likely N-dealkylation sites (tertiary alicyclic amines) is 1. The summed E-state index contributed by atoms with van der Waals surface area (Å²) in [6.45, 7) is 1.25. The summed E-state index contributed by atoms with van der Waals surface area (Å²) in [5.74, 6) is -0.416. The van der Waals surface area contributed by atoms with Crippen LogP contribution in [0.25, 0.3) is 0 Å². The molecule has 2 aromatic heterocycles. The molecule has 116 valence electrons. The zero-order valence-corrected chi connectivity index (χ0v) is 12.7. The van der Waals surface area contributed by atoms with Gasteiger partial charge in [-0.3, -0.25) is 9.59 Å². The van der Waals surface area contributed by atoms with Gasteiger partial charge >= 0.3 is 0 Å². The number of carbonyl (C=O) groups is 2. The Kier molecular flexibility index (Phi) is 4.14. The number of rotatable bonds is 4. The topological polar surface area (TPSA) is 107 Å². The maximum absolute atomic E-state index is 12.5. The number of aromatic nitrogens is 4. The smallest absolute Gasteiger partial charge is 0.276 e. The van der Waals surface area contributed by atoms with Crippen molar-refractivity contribution in [1.29, 1.82) is 0 Å². The molecule has 9 heteroatoms. The van der Waals surface area contributed by atoms with Gasteiger partial charge in [-0.05, 0) is 12.8 Å². The number of primary amides is 1. The lowest BCUT2D eigenvalue weighted by Gasteiger charge is -2.31. The Morgan fingerprint density at radius 1 is 1.45 bits per heavy atom. The average Bonchev–Trinajstić information content (AvgIpc) is 3.17. The molecule has 8 nitrogen and oxygen atoms in total. The number of hydrogen-bond acceptors (Lipinski definition) is 6. The van der Waals surface area contributed by atoms with Crippen LogP contribution in [0.5, 0.6) is 0 Å². The van der Waals surface area contributed by atoms with Crippen molar-refractivity contribution >= 4 is 23.2 Å². The summed E-state index contributed by atoms with van der Waals surface area (Å²) < 4.78 is 1.28. The van der Waals surface area contributed by atoms with Crippen molar-refractivity contribution in [1.82, 2.24) is 24.9 Å². The maximum atomic E-state index is 12.5. The van der Waals surface area contributed by atoms with Gasteiger partial charge in [0.15, 0.2) is 5.69 Å². The van der Waals surface area contributed by atoms with Crippen LogP contribution in [0.2, 0.25) is 0 Å². The molecule has 22 heavy (non-hydrogen) atoms. The van der Waals surface area contributed by atoms with E-state index in [1.807, 2.05) is 5.38 Å². The third-order valence-electron chi connectivity index (χ3n) is 3.58. The molecule has 1 aliphatic heterocycles. The predicted octanol–water partition coefficient (Wildman–Crippen LogP) is 0.240. The fourth-order valence-corrected chi connectivity index (χ4v) is 3.36. The van der Waals surface area contributed by atoms with Crippen molar-refractivity contribution in [3.05, 3.63) is 28.5 Å². The minimum Gasteiger partial charge on any atom is -0.368 e. The van der Waals surface area contributed by atoms with Gasteiger partial charge in [0.05, 0.1) is 11.2 Å². The van der Waals surface area contributed by atoms with E-state index in [-0.39, 0.29) is 24.1 Å². The van der Waals surface area contributed by atoms with E-state index >= 15 is 0 Å². The SMILES string of the molecule is NC(=O)Cn1cc(C(=O)N2CCC[C@@H](c3nccs3)C2)nn1. The lowest BCUT2D eigenvalue weighted by molar-refractivity contribution is -0.118. The monoisotopic (exact) mass is 320 g/mol. The molecule has 0 unspecified atom stereocenters. The summed E-state index contributed by atoms with van der Waals surface area (Å²) in [6, 6.07) is 0. The van der Waals surface area contributed by atoms with Crippen molar-refractivity contribution < 1.29 is 9.59 Å². The third-order valence-corrected chi connectivity index (χ3v) is 4.52. The van der Waals surface area contributed by atoms with Crippen molar-refractivity contribution in [2.45, 2.75) is 25.3 Å². The number of nitrogens with two attached hydrogens (primary N) is 1. The van der Waals surface area contributed by atoms with E-state index in [0.29, 0.717) is 13.1 Å². The standard InChI is InChI=1S/C13H16N6O2S/c14-11(20)8-19-7-10(16-17-19)13(21)18-4-1-2-9(6-18)12-15-3-5-22-12/h3,5,7,9H,1-2,4,6,8H2,(H2,14,20)/t9-/m1/s1. The van der Waals surface area contributed by atoms with Gasteiger partial charge in [-0.25, -0.2) is 9.67 Å². The van der Waals surface area contributed by atoms with Crippen LogP contribution in [-0.4, -0.2) is 49.8 Å². The van der Waals surface area contributed by atoms with Gasteiger partial charge in [-0.1, -0.05) is 5.21 Å². The quantitative estimate of drug-likeness (QED) is 0.868. The molecular formula is C13H16N6O2S. The molecule has 0 bridgehead atoms. The van der Waals surface area contributed by atoms with Gasteiger partial charge in [-0.15, -0.1) is 16.4 Å². The van der Waals surface area contributed by atoms with Crippen molar-refractivity contribution in [3.8, 4) is 0 Å². The Labute approximate surface area is 130 Å². The summed E-state index contributed by atoms with van der Waals surface area (Å²) in [5.41, 5.74) is 5.33. The molecule has 1 aliphatic rings. The lowest BCUT2D eigenvalue weighted by atomic mass is 9.98.